The molecule has 4 heteroatoms. The van der Waals surface area contributed by atoms with Gasteiger partial charge in [-0.1, -0.05) is 86.0 Å². The summed E-state index contributed by atoms with van der Waals surface area (Å²) in [6, 6.07) is 0. The van der Waals surface area contributed by atoms with Crippen molar-refractivity contribution < 1.29 is 9.84 Å². The molecule has 35 heavy (non-hydrogen) atoms. The zero-order valence-electron chi connectivity index (χ0n) is 24.6. The Labute approximate surface area is 220 Å². The minimum atomic E-state index is 0.344. The van der Waals surface area contributed by atoms with Crippen molar-refractivity contribution in [3.63, 3.8) is 0 Å². The number of unbranched alkanes of at least 4 members (excludes halogenated alkanes) is 4. The normalized spacial score (nSPS) is 17.5. The first kappa shape index (κ1) is 32.9. The Kier molecular flexibility index (Phi) is 18.7. The number of aliphatic hydroxyl groups excluding tert-OH is 1. The van der Waals surface area contributed by atoms with Crippen LogP contribution in [0.15, 0.2) is 0 Å². The minimum Gasteiger partial charge on any atom is -0.396 e. The van der Waals surface area contributed by atoms with Gasteiger partial charge in [0, 0.05) is 32.9 Å². The van der Waals surface area contributed by atoms with Crippen LogP contribution in [-0.4, -0.2) is 55.6 Å². The largest absolute Gasteiger partial charge is 0.396 e. The number of rotatable bonds is 24. The first-order valence-electron chi connectivity index (χ1n) is 15.7. The van der Waals surface area contributed by atoms with E-state index < -0.39 is 0 Å². The zero-order chi connectivity index (χ0) is 25.8. The lowest BCUT2D eigenvalue weighted by Crippen LogP contribution is -2.36. The molecule has 1 rings (SSSR count). The Balaban J connectivity index is 2.16. The highest BCUT2D eigenvalue weighted by atomic mass is 16.5. The highest BCUT2D eigenvalue weighted by molar-refractivity contribution is 4.81. The van der Waals surface area contributed by atoms with E-state index in [2.05, 4.69) is 44.8 Å². The van der Waals surface area contributed by atoms with Crippen molar-refractivity contribution in [3.8, 4) is 0 Å². The van der Waals surface area contributed by atoms with Crippen LogP contribution in [0.25, 0.3) is 0 Å². The van der Waals surface area contributed by atoms with Gasteiger partial charge in [0.25, 0.3) is 0 Å². The quantitative estimate of drug-likeness (QED) is 0.133. The van der Waals surface area contributed by atoms with Crippen LogP contribution in [0, 0.1) is 10.8 Å². The summed E-state index contributed by atoms with van der Waals surface area (Å²) in [6.45, 7) is 17.7. The number of nitrogens with one attached hydrogen (secondary N) is 1. The summed E-state index contributed by atoms with van der Waals surface area (Å²) in [6.07, 6.45) is 22.2. The molecular weight excluding hydrogens is 432 g/mol. The second-order valence-electron chi connectivity index (χ2n) is 11.5. The predicted molar refractivity (Wildman–Crippen MR) is 153 cm³/mol. The minimum absolute atomic E-state index is 0.344. The SMILES string of the molecule is CCC1NCCN1CCCC(CC)(CC)CCCCOCCCCC(CC)(CC)CCCCCO. The molecule has 0 aliphatic carbocycles. The molecule has 4 nitrogen and oxygen atoms in total. The summed E-state index contributed by atoms with van der Waals surface area (Å²) < 4.78 is 6.04. The van der Waals surface area contributed by atoms with E-state index in [1.807, 2.05) is 0 Å². The molecule has 0 aromatic heterocycles. The summed E-state index contributed by atoms with van der Waals surface area (Å²) in [7, 11) is 0. The molecule has 1 aliphatic heterocycles. The van der Waals surface area contributed by atoms with E-state index in [-0.39, 0.29) is 0 Å². The third-order valence-corrected chi connectivity index (χ3v) is 9.62. The molecule has 1 heterocycles. The first-order valence-corrected chi connectivity index (χ1v) is 15.7. The van der Waals surface area contributed by atoms with Gasteiger partial charge in [-0.3, -0.25) is 4.90 Å². The Morgan fingerprint density at radius 2 is 1.23 bits per heavy atom. The number of nitrogens with zero attached hydrogens (tertiary/aromatic N) is 1. The van der Waals surface area contributed by atoms with Gasteiger partial charge < -0.3 is 15.2 Å². The van der Waals surface area contributed by atoms with E-state index in [0.717, 1.165) is 26.2 Å². The van der Waals surface area contributed by atoms with Crippen LogP contribution in [0.2, 0.25) is 0 Å². The predicted octanol–water partition coefficient (Wildman–Crippen LogP) is 7.93. The number of hydrogen-bond donors (Lipinski definition) is 2. The Bertz CT molecular complexity index is 477. The average molecular weight is 497 g/mol. The molecule has 0 bridgehead atoms. The molecule has 1 saturated heterocycles. The molecule has 0 aromatic rings. The maximum atomic E-state index is 9.02. The van der Waals surface area contributed by atoms with Gasteiger partial charge in [-0.05, 0) is 75.2 Å². The van der Waals surface area contributed by atoms with Gasteiger partial charge in [-0.25, -0.2) is 0 Å². The van der Waals surface area contributed by atoms with E-state index in [1.165, 1.54) is 116 Å². The molecule has 2 N–H and O–H groups in total. The second kappa shape index (κ2) is 19.9. The van der Waals surface area contributed by atoms with Gasteiger partial charge in [0.05, 0.1) is 6.17 Å². The van der Waals surface area contributed by atoms with Crippen LogP contribution in [-0.2, 0) is 4.74 Å². The molecule has 0 spiro atoms. The van der Waals surface area contributed by atoms with Crippen LogP contribution >= 0.6 is 0 Å². The van der Waals surface area contributed by atoms with Crippen molar-refractivity contribution in [2.45, 2.75) is 150 Å². The van der Waals surface area contributed by atoms with Crippen LogP contribution in [0.5, 0.6) is 0 Å². The van der Waals surface area contributed by atoms with Crippen molar-refractivity contribution in [2.75, 3.05) is 39.5 Å². The molecule has 1 fully saturated rings. The van der Waals surface area contributed by atoms with Crippen molar-refractivity contribution >= 4 is 0 Å². The van der Waals surface area contributed by atoms with E-state index >= 15 is 0 Å². The van der Waals surface area contributed by atoms with Crippen molar-refractivity contribution in [1.82, 2.24) is 10.2 Å². The lowest BCUT2D eigenvalue weighted by Gasteiger charge is -2.33. The van der Waals surface area contributed by atoms with E-state index in [4.69, 9.17) is 9.84 Å². The molecule has 0 radical (unpaired) electrons. The molecule has 210 valence electrons. The highest BCUT2D eigenvalue weighted by Crippen LogP contribution is 2.39. The van der Waals surface area contributed by atoms with Gasteiger partial charge in [0.1, 0.15) is 0 Å². The second-order valence-corrected chi connectivity index (χ2v) is 11.5. The van der Waals surface area contributed by atoms with Crippen molar-refractivity contribution in [3.05, 3.63) is 0 Å². The number of ether oxygens (including phenoxy) is 1. The lowest BCUT2D eigenvalue weighted by molar-refractivity contribution is 0.112. The molecular formula is C31H64N2O2. The highest BCUT2D eigenvalue weighted by Gasteiger charge is 2.27. The number of aliphatic hydroxyl groups is 1. The maximum absolute atomic E-state index is 9.02. The van der Waals surface area contributed by atoms with Crippen LogP contribution in [0.4, 0.5) is 0 Å². The first-order chi connectivity index (χ1) is 17.0. The van der Waals surface area contributed by atoms with E-state index in [0.29, 0.717) is 23.6 Å². The molecule has 0 aromatic carbocycles. The van der Waals surface area contributed by atoms with Crippen molar-refractivity contribution in [2.24, 2.45) is 10.8 Å². The third kappa shape index (κ3) is 12.8. The molecule has 1 atom stereocenters. The van der Waals surface area contributed by atoms with Gasteiger partial charge >= 0.3 is 0 Å². The van der Waals surface area contributed by atoms with Crippen LogP contribution in [0.3, 0.4) is 0 Å². The van der Waals surface area contributed by atoms with Gasteiger partial charge in [-0.15, -0.1) is 0 Å². The lowest BCUT2D eigenvalue weighted by atomic mass is 9.74. The van der Waals surface area contributed by atoms with Crippen LogP contribution in [0.1, 0.15) is 144 Å². The topological polar surface area (TPSA) is 44.7 Å². The van der Waals surface area contributed by atoms with Gasteiger partial charge in [0.15, 0.2) is 0 Å². The standard InChI is InChI=1S/C31H64N2O2/c1-6-29-32-23-25-33(29)24-18-22-31(9-4,10-5)21-14-17-28-35-27-16-13-20-30(7-2,8-3)19-12-11-15-26-34/h29,32,34H,6-28H2,1-5H3. The fourth-order valence-electron chi connectivity index (χ4n) is 6.45. The summed E-state index contributed by atoms with van der Waals surface area (Å²) in [5.74, 6) is 0. The molecule has 1 aliphatic rings. The summed E-state index contributed by atoms with van der Waals surface area (Å²) in [5, 5.41) is 12.7. The molecule has 1 unspecified atom stereocenters. The monoisotopic (exact) mass is 496 g/mol. The zero-order valence-corrected chi connectivity index (χ0v) is 24.6. The Morgan fingerprint density at radius 3 is 1.71 bits per heavy atom. The number of hydrogen-bond acceptors (Lipinski definition) is 4. The maximum Gasteiger partial charge on any atom is 0.0595 e. The van der Waals surface area contributed by atoms with Gasteiger partial charge in [0.2, 0.25) is 0 Å². The Hall–Kier alpha value is -0.160. The van der Waals surface area contributed by atoms with E-state index in [1.54, 1.807) is 0 Å². The molecule has 0 amide bonds. The Morgan fingerprint density at radius 1 is 0.714 bits per heavy atom. The molecule has 0 saturated carbocycles. The summed E-state index contributed by atoms with van der Waals surface area (Å²) >= 11 is 0. The summed E-state index contributed by atoms with van der Waals surface area (Å²) in [5.41, 5.74) is 1.05. The fraction of sp³-hybridized carbons (Fsp3) is 1.00. The van der Waals surface area contributed by atoms with Gasteiger partial charge in [-0.2, -0.15) is 0 Å². The van der Waals surface area contributed by atoms with E-state index in [9.17, 15) is 0 Å². The fourth-order valence-corrected chi connectivity index (χ4v) is 6.45. The average Bonchev–Trinajstić information content (AvgIpc) is 3.35. The third-order valence-electron chi connectivity index (χ3n) is 9.62. The van der Waals surface area contributed by atoms with Crippen LogP contribution < -0.4 is 5.32 Å². The summed E-state index contributed by atoms with van der Waals surface area (Å²) in [4.78, 5) is 2.66. The van der Waals surface area contributed by atoms with Crippen molar-refractivity contribution in [1.29, 1.82) is 0 Å². The smallest absolute Gasteiger partial charge is 0.0595 e.